The van der Waals surface area contributed by atoms with Crippen LogP contribution in [-0.4, -0.2) is 78.5 Å². The third-order valence-corrected chi connectivity index (χ3v) is 11.6. The van der Waals surface area contributed by atoms with E-state index in [0.29, 0.717) is 30.6 Å². The maximum atomic E-state index is 12.8. The van der Waals surface area contributed by atoms with Crippen molar-refractivity contribution in [1.82, 2.24) is 0 Å². The second kappa shape index (κ2) is 17.2. The Bertz CT molecular complexity index is 1360. The van der Waals surface area contributed by atoms with Crippen LogP contribution < -0.4 is 0 Å². The van der Waals surface area contributed by atoms with Crippen LogP contribution in [0.4, 0.5) is 0 Å². The van der Waals surface area contributed by atoms with Crippen LogP contribution in [0.3, 0.4) is 0 Å². The molecule has 4 fully saturated rings. The van der Waals surface area contributed by atoms with E-state index in [2.05, 4.69) is 32.6 Å². The third-order valence-electron chi connectivity index (χ3n) is 11.6. The first-order valence-corrected chi connectivity index (χ1v) is 18.6. The molecule has 4 aliphatic rings. The number of allylic oxidation sites excluding steroid dienone is 4. The molecule has 0 aromatic rings. The molecule has 1 heterocycles. The van der Waals surface area contributed by atoms with Crippen LogP contribution in [0, 0.1) is 23.2 Å². The van der Waals surface area contributed by atoms with Crippen LogP contribution >= 0.6 is 0 Å². The Balaban J connectivity index is 1.43. The van der Waals surface area contributed by atoms with E-state index >= 15 is 0 Å². The molecule has 4 rings (SSSR count). The molecule has 0 aromatic carbocycles. The molecule has 11 heteroatoms. The topological polar surface area (TPSA) is 144 Å². The highest BCUT2D eigenvalue weighted by Gasteiger charge is 2.56. The van der Waals surface area contributed by atoms with Crippen molar-refractivity contribution < 1.29 is 52.7 Å². The van der Waals surface area contributed by atoms with E-state index in [-0.39, 0.29) is 11.5 Å². The molecule has 10 atom stereocenters. The second-order valence-electron chi connectivity index (χ2n) is 15.9. The van der Waals surface area contributed by atoms with Crippen molar-refractivity contribution >= 4 is 23.9 Å². The molecular weight excluding hydrogens is 656 g/mol. The van der Waals surface area contributed by atoms with Gasteiger partial charge >= 0.3 is 23.9 Å². The minimum absolute atomic E-state index is 0.234. The number of rotatable bonds is 12. The van der Waals surface area contributed by atoms with Crippen molar-refractivity contribution in [2.75, 3.05) is 7.11 Å². The molecule has 0 spiro atoms. The molecule has 0 unspecified atom stereocenters. The summed E-state index contributed by atoms with van der Waals surface area (Å²) in [7, 11) is 1.16. The summed E-state index contributed by atoms with van der Waals surface area (Å²) in [6, 6.07) is 0. The summed E-state index contributed by atoms with van der Waals surface area (Å²) < 4.78 is 33.7. The quantitative estimate of drug-likeness (QED) is 0.176. The molecule has 1 aliphatic heterocycles. The first kappa shape index (κ1) is 40.7. The van der Waals surface area contributed by atoms with Crippen molar-refractivity contribution in [2.45, 2.75) is 162 Å². The smallest absolute Gasteiger partial charge is 0.339 e. The van der Waals surface area contributed by atoms with Crippen LogP contribution in [-0.2, 0) is 47.6 Å². The summed E-state index contributed by atoms with van der Waals surface area (Å²) in [5.74, 6) is -1.41. The van der Waals surface area contributed by atoms with Crippen LogP contribution in [0.2, 0.25) is 0 Å². The molecule has 0 aromatic heterocycles. The van der Waals surface area contributed by atoms with Gasteiger partial charge in [-0.3, -0.25) is 14.4 Å². The number of carbonyl (C=O) groups excluding carboxylic acids is 4. The monoisotopic (exact) mass is 716 g/mol. The van der Waals surface area contributed by atoms with Crippen LogP contribution in [0.5, 0.6) is 0 Å². The van der Waals surface area contributed by atoms with E-state index in [1.807, 2.05) is 13.8 Å². The van der Waals surface area contributed by atoms with Gasteiger partial charge in [-0.2, -0.15) is 0 Å². The van der Waals surface area contributed by atoms with E-state index in [1.165, 1.54) is 43.8 Å². The van der Waals surface area contributed by atoms with Gasteiger partial charge in [0.25, 0.3) is 0 Å². The molecule has 1 saturated heterocycles. The van der Waals surface area contributed by atoms with Gasteiger partial charge < -0.3 is 33.5 Å². The largest absolute Gasteiger partial charge is 0.467 e. The average molecular weight is 717 g/mol. The SMILES string of the molecule is C=C1CC[C@H](O)C/C1=C/C=C1\CCC[C@]2(C)[C@@H]([C@H](C)CCCC(C)(C)O[C@@H]3O[C@H](C(=O)OC)[C@@H](OC(C)=O)[C@H](OC(C)=O)[C@H]3OC(C)=O)CC[C@@H]12. The Morgan fingerprint density at radius 1 is 0.980 bits per heavy atom. The second-order valence-corrected chi connectivity index (χ2v) is 15.9. The Hall–Kier alpha value is -3.02. The summed E-state index contributed by atoms with van der Waals surface area (Å²) in [5.41, 5.74) is 3.31. The zero-order valence-electron chi connectivity index (χ0n) is 31.9. The Morgan fingerprint density at radius 3 is 2.27 bits per heavy atom. The third kappa shape index (κ3) is 10.1. The number of methoxy groups -OCH3 is 1. The normalized spacial score (nSPS) is 34.8. The van der Waals surface area contributed by atoms with Gasteiger partial charge in [0.2, 0.25) is 0 Å². The number of esters is 4. The molecule has 286 valence electrons. The first-order valence-electron chi connectivity index (χ1n) is 18.6. The fourth-order valence-electron chi connectivity index (χ4n) is 9.21. The van der Waals surface area contributed by atoms with E-state index in [9.17, 15) is 24.3 Å². The molecule has 3 aliphatic carbocycles. The van der Waals surface area contributed by atoms with Gasteiger partial charge in [-0.25, -0.2) is 4.79 Å². The van der Waals surface area contributed by atoms with Gasteiger partial charge in [0.15, 0.2) is 30.7 Å². The molecule has 0 amide bonds. The molecule has 1 N–H and O–H groups in total. The first-order chi connectivity index (χ1) is 24.0. The van der Waals surface area contributed by atoms with Crippen LogP contribution in [0.25, 0.3) is 0 Å². The lowest BCUT2D eigenvalue weighted by molar-refractivity contribution is -0.321. The lowest BCUT2D eigenvalue weighted by Crippen LogP contribution is -2.64. The minimum Gasteiger partial charge on any atom is -0.467 e. The van der Waals surface area contributed by atoms with Gasteiger partial charge in [0.05, 0.1) is 18.8 Å². The standard InChI is InChI=1S/C40H60O11/c1-23-14-17-30(44)22-29(23)16-15-28-13-11-21-40(8)31(18-19-32(28)40)24(2)12-10-20-39(6,7)51-38-36(49-27(5)43)34(48-26(4)42)33(47-25(3)41)35(50-38)37(45)46-9/h15-16,24,30-36,38,44H,1,10-14,17-22H2,2-9H3/b28-15+,29-16-/t24-,30+,31-,32+,33+,34+,35+,36-,38+,40-/m1/s1. The predicted molar refractivity (Wildman–Crippen MR) is 189 cm³/mol. The Labute approximate surface area is 303 Å². The highest BCUT2D eigenvalue weighted by atomic mass is 16.7. The fraction of sp³-hybridized carbons (Fsp3) is 0.750. The maximum absolute atomic E-state index is 12.8. The van der Waals surface area contributed by atoms with Crippen molar-refractivity contribution in [1.29, 1.82) is 0 Å². The molecule has 0 bridgehead atoms. The van der Waals surface area contributed by atoms with Crippen molar-refractivity contribution in [3.8, 4) is 0 Å². The van der Waals surface area contributed by atoms with Crippen molar-refractivity contribution in [3.63, 3.8) is 0 Å². The van der Waals surface area contributed by atoms with Crippen LogP contribution in [0.15, 0.2) is 35.5 Å². The number of hydrogen-bond acceptors (Lipinski definition) is 11. The minimum atomic E-state index is -1.49. The van der Waals surface area contributed by atoms with Crippen molar-refractivity contribution in [3.05, 3.63) is 35.5 Å². The number of ether oxygens (including phenoxy) is 6. The number of aliphatic hydroxyl groups excluding tert-OH is 1. The molecule has 0 radical (unpaired) electrons. The Morgan fingerprint density at radius 2 is 1.63 bits per heavy atom. The van der Waals surface area contributed by atoms with E-state index in [1.54, 1.807) is 0 Å². The maximum Gasteiger partial charge on any atom is 0.339 e. The summed E-state index contributed by atoms with van der Waals surface area (Å²) in [6.45, 7) is 16.4. The van der Waals surface area contributed by atoms with Crippen molar-refractivity contribution in [2.24, 2.45) is 23.2 Å². The highest BCUT2D eigenvalue weighted by Crippen LogP contribution is 2.60. The summed E-state index contributed by atoms with van der Waals surface area (Å²) in [5, 5.41) is 10.2. The fourth-order valence-corrected chi connectivity index (χ4v) is 9.21. The van der Waals surface area contributed by atoms with Gasteiger partial charge in [-0.05, 0) is 100 Å². The highest BCUT2D eigenvalue weighted by molar-refractivity contribution is 5.77. The lowest BCUT2D eigenvalue weighted by atomic mass is 9.60. The van der Waals surface area contributed by atoms with E-state index in [0.717, 1.165) is 58.6 Å². The number of carbonyl (C=O) groups is 4. The number of hydrogen-bond donors (Lipinski definition) is 1. The molecule has 3 saturated carbocycles. The zero-order chi connectivity index (χ0) is 37.7. The van der Waals surface area contributed by atoms with Gasteiger partial charge in [0, 0.05) is 20.8 Å². The average Bonchev–Trinajstić information content (AvgIpc) is 3.40. The number of aliphatic hydroxyl groups is 1. The predicted octanol–water partition coefficient (Wildman–Crippen LogP) is 6.45. The van der Waals surface area contributed by atoms with E-state index in [4.69, 9.17) is 28.4 Å². The summed E-state index contributed by atoms with van der Waals surface area (Å²) in [4.78, 5) is 49.2. The number of fused-ring (bicyclic) bond motifs is 1. The van der Waals surface area contributed by atoms with Gasteiger partial charge in [0.1, 0.15) is 0 Å². The van der Waals surface area contributed by atoms with Gasteiger partial charge in [-0.1, -0.05) is 56.6 Å². The molecule has 11 nitrogen and oxygen atoms in total. The summed E-state index contributed by atoms with van der Waals surface area (Å²) >= 11 is 0. The lowest BCUT2D eigenvalue weighted by Gasteiger charge is -2.45. The summed E-state index contributed by atoms with van der Waals surface area (Å²) in [6.07, 6.45) is 8.07. The van der Waals surface area contributed by atoms with E-state index < -0.39 is 60.2 Å². The molecular formula is C40H60O11. The molecule has 51 heavy (non-hydrogen) atoms. The van der Waals surface area contributed by atoms with Crippen LogP contribution in [0.1, 0.15) is 119 Å². The van der Waals surface area contributed by atoms with Gasteiger partial charge in [-0.15, -0.1) is 0 Å². The Kier molecular flexibility index (Phi) is 13.7. The zero-order valence-corrected chi connectivity index (χ0v) is 31.9.